The van der Waals surface area contributed by atoms with Crippen molar-refractivity contribution in [3.8, 4) is 0 Å². The van der Waals surface area contributed by atoms with E-state index in [4.69, 9.17) is 4.74 Å². The molecule has 0 saturated heterocycles. The van der Waals surface area contributed by atoms with Gasteiger partial charge in [-0.2, -0.15) is 0 Å². The van der Waals surface area contributed by atoms with Crippen LogP contribution in [0, 0.1) is 5.41 Å². The third kappa shape index (κ3) is 3.63. The molecule has 1 atom stereocenters. The molecule has 21 heavy (non-hydrogen) atoms. The fourth-order valence-corrected chi connectivity index (χ4v) is 2.83. The SMILES string of the molecule is COCCC1(C(=O)NCC(C)(O)c2ccccc2)CCC1. The molecular formula is C17H25NO3. The summed E-state index contributed by atoms with van der Waals surface area (Å²) in [5.41, 5.74) is -0.531. The molecule has 0 radical (unpaired) electrons. The van der Waals surface area contributed by atoms with Gasteiger partial charge in [-0.25, -0.2) is 0 Å². The van der Waals surface area contributed by atoms with Crippen molar-refractivity contribution in [3.63, 3.8) is 0 Å². The highest BCUT2D eigenvalue weighted by atomic mass is 16.5. The molecule has 2 rings (SSSR count). The lowest BCUT2D eigenvalue weighted by Gasteiger charge is -2.40. The molecular weight excluding hydrogens is 266 g/mol. The lowest BCUT2D eigenvalue weighted by atomic mass is 9.66. The first-order valence-corrected chi connectivity index (χ1v) is 7.55. The first-order valence-electron chi connectivity index (χ1n) is 7.55. The van der Waals surface area contributed by atoms with Gasteiger partial charge in [-0.1, -0.05) is 36.8 Å². The van der Waals surface area contributed by atoms with E-state index in [0.717, 1.165) is 31.2 Å². The van der Waals surface area contributed by atoms with Gasteiger partial charge in [0.2, 0.25) is 5.91 Å². The maximum absolute atomic E-state index is 12.5. The summed E-state index contributed by atoms with van der Waals surface area (Å²) in [6, 6.07) is 9.42. The summed E-state index contributed by atoms with van der Waals surface area (Å²) >= 11 is 0. The van der Waals surface area contributed by atoms with Crippen molar-refractivity contribution in [1.29, 1.82) is 0 Å². The first kappa shape index (κ1) is 16.0. The van der Waals surface area contributed by atoms with E-state index in [1.54, 1.807) is 14.0 Å². The molecule has 1 amide bonds. The summed E-state index contributed by atoms with van der Waals surface area (Å²) in [6.45, 7) is 2.55. The van der Waals surface area contributed by atoms with Crippen molar-refractivity contribution in [1.82, 2.24) is 5.32 Å². The number of aliphatic hydroxyl groups is 1. The van der Waals surface area contributed by atoms with Gasteiger partial charge >= 0.3 is 0 Å². The number of benzene rings is 1. The molecule has 1 saturated carbocycles. The Balaban J connectivity index is 1.94. The predicted octanol–water partition coefficient (Wildman–Crippen LogP) is 2.22. The largest absolute Gasteiger partial charge is 0.385 e. The number of hydrogen-bond donors (Lipinski definition) is 2. The zero-order valence-electron chi connectivity index (χ0n) is 12.9. The number of rotatable bonds is 7. The fourth-order valence-electron chi connectivity index (χ4n) is 2.83. The highest BCUT2D eigenvalue weighted by Gasteiger charge is 2.43. The van der Waals surface area contributed by atoms with Crippen LogP contribution in [0.4, 0.5) is 0 Å². The number of hydrogen-bond acceptors (Lipinski definition) is 3. The van der Waals surface area contributed by atoms with Crippen LogP contribution in [0.1, 0.15) is 38.2 Å². The molecule has 1 aliphatic carbocycles. The van der Waals surface area contributed by atoms with Crippen molar-refractivity contribution in [3.05, 3.63) is 35.9 Å². The van der Waals surface area contributed by atoms with Crippen LogP contribution in [-0.2, 0) is 15.1 Å². The zero-order valence-corrected chi connectivity index (χ0v) is 12.9. The van der Waals surface area contributed by atoms with Crippen molar-refractivity contribution >= 4 is 5.91 Å². The molecule has 1 aromatic rings. The number of nitrogens with one attached hydrogen (secondary N) is 1. The Bertz CT molecular complexity index is 466. The minimum absolute atomic E-state index is 0.0435. The molecule has 0 heterocycles. The van der Waals surface area contributed by atoms with Crippen LogP contribution in [0.2, 0.25) is 0 Å². The molecule has 1 unspecified atom stereocenters. The standard InChI is InChI=1S/C17H25NO3/c1-16(20,14-7-4-3-5-8-14)13-18-15(19)17(9-6-10-17)11-12-21-2/h3-5,7-8,20H,6,9-13H2,1-2H3,(H,18,19). The highest BCUT2D eigenvalue weighted by molar-refractivity contribution is 5.83. The third-order valence-electron chi connectivity index (χ3n) is 4.57. The lowest BCUT2D eigenvalue weighted by Crippen LogP contribution is -2.49. The Morgan fingerprint density at radius 1 is 1.38 bits per heavy atom. The monoisotopic (exact) mass is 291 g/mol. The lowest BCUT2D eigenvalue weighted by molar-refractivity contribution is -0.138. The van der Waals surface area contributed by atoms with Crippen molar-refractivity contribution in [2.75, 3.05) is 20.3 Å². The van der Waals surface area contributed by atoms with Gasteiger partial charge in [0.1, 0.15) is 5.60 Å². The summed E-state index contributed by atoms with van der Waals surface area (Å²) in [5.74, 6) is 0.0435. The first-order chi connectivity index (χ1) is 10.0. The molecule has 0 aromatic heterocycles. The molecule has 1 aromatic carbocycles. The Hall–Kier alpha value is -1.39. The summed E-state index contributed by atoms with van der Waals surface area (Å²) in [4.78, 5) is 12.5. The molecule has 4 heteroatoms. The van der Waals surface area contributed by atoms with Gasteiger partial charge in [0, 0.05) is 13.7 Å². The van der Waals surface area contributed by atoms with E-state index in [0.29, 0.717) is 6.61 Å². The van der Waals surface area contributed by atoms with Gasteiger partial charge in [-0.05, 0) is 31.7 Å². The van der Waals surface area contributed by atoms with Crippen LogP contribution in [0.5, 0.6) is 0 Å². The van der Waals surface area contributed by atoms with E-state index >= 15 is 0 Å². The van der Waals surface area contributed by atoms with Crippen molar-refractivity contribution < 1.29 is 14.6 Å². The van der Waals surface area contributed by atoms with Crippen LogP contribution < -0.4 is 5.32 Å². The van der Waals surface area contributed by atoms with Crippen LogP contribution in [0.15, 0.2) is 30.3 Å². The smallest absolute Gasteiger partial charge is 0.226 e. The van der Waals surface area contributed by atoms with E-state index in [1.807, 2.05) is 30.3 Å². The number of carbonyl (C=O) groups is 1. The molecule has 4 nitrogen and oxygen atoms in total. The van der Waals surface area contributed by atoms with Crippen LogP contribution in [0.3, 0.4) is 0 Å². The number of methoxy groups -OCH3 is 1. The summed E-state index contributed by atoms with van der Waals surface area (Å²) < 4.78 is 5.11. The van der Waals surface area contributed by atoms with Gasteiger partial charge in [-0.3, -0.25) is 4.79 Å². The predicted molar refractivity (Wildman–Crippen MR) is 81.8 cm³/mol. The van der Waals surface area contributed by atoms with E-state index in [-0.39, 0.29) is 17.9 Å². The van der Waals surface area contributed by atoms with Crippen molar-refractivity contribution in [2.24, 2.45) is 5.41 Å². The summed E-state index contributed by atoms with van der Waals surface area (Å²) in [5, 5.41) is 13.5. The van der Waals surface area contributed by atoms with Gasteiger partial charge < -0.3 is 15.2 Å². The average Bonchev–Trinajstić information content (AvgIpc) is 2.45. The Morgan fingerprint density at radius 3 is 2.57 bits per heavy atom. The van der Waals surface area contributed by atoms with Gasteiger partial charge in [-0.15, -0.1) is 0 Å². The molecule has 0 aliphatic heterocycles. The van der Waals surface area contributed by atoms with Gasteiger partial charge in [0.05, 0.1) is 12.0 Å². The second kappa shape index (κ2) is 6.58. The van der Waals surface area contributed by atoms with Crippen LogP contribution in [-0.4, -0.2) is 31.3 Å². The number of amides is 1. The highest BCUT2D eigenvalue weighted by Crippen LogP contribution is 2.44. The Kier molecular flexibility index (Phi) is 5.01. The normalized spacial score (nSPS) is 19.4. The Labute approximate surface area is 126 Å². The summed E-state index contributed by atoms with van der Waals surface area (Å²) in [7, 11) is 1.66. The summed E-state index contributed by atoms with van der Waals surface area (Å²) in [6.07, 6.45) is 3.67. The average molecular weight is 291 g/mol. The molecule has 1 aliphatic rings. The topological polar surface area (TPSA) is 58.6 Å². The molecule has 2 N–H and O–H groups in total. The van der Waals surface area contributed by atoms with E-state index in [1.165, 1.54) is 0 Å². The van der Waals surface area contributed by atoms with Crippen molar-refractivity contribution in [2.45, 2.75) is 38.2 Å². The molecule has 0 spiro atoms. The quantitative estimate of drug-likeness (QED) is 0.810. The van der Waals surface area contributed by atoms with E-state index < -0.39 is 5.60 Å². The molecule has 116 valence electrons. The second-order valence-electron chi connectivity index (χ2n) is 6.20. The minimum atomic E-state index is -1.05. The third-order valence-corrected chi connectivity index (χ3v) is 4.57. The Morgan fingerprint density at radius 2 is 2.05 bits per heavy atom. The number of ether oxygens (including phenoxy) is 1. The molecule has 1 fully saturated rings. The fraction of sp³-hybridized carbons (Fsp3) is 0.588. The second-order valence-corrected chi connectivity index (χ2v) is 6.20. The minimum Gasteiger partial charge on any atom is -0.385 e. The van der Waals surface area contributed by atoms with E-state index in [9.17, 15) is 9.90 Å². The molecule has 0 bridgehead atoms. The van der Waals surface area contributed by atoms with E-state index in [2.05, 4.69) is 5.32 Å². The van der Waals surface area contributed by atoms with Gasteiger partial charge in [0.15, 0.2) is 0 Å². The van der Waals surface area contributed by atoms with Crippen LogP contribution in [0.25, 0.3) is 0 Å². The maximum Gasteiger partial charge on any atom is 0.226 e. The maximum atomic E-state index is 12.5. The van der Waals surface area contributed by atoms with Gasteiger partial charge in [0.25, 0.3) is 0 Å². The van der Waals surface area contributed by atoms with Crippen LogP contribution >= 0.6 is 0 Å². The zero-order chi connectivity index (χ0) is 15.3. The number of carbonyl (C=O) groups excluding carboxylic acids is 1.